The lowest BCUT2D eigenvalue weighted by Crippen LogP contribution is -2.59. The normalized spacial score (nSPS) is 45.2. The van der Waals surface area contributed by atoms with E-state index in [2.05, 4.69) is 58.1 Å². The van der Waals surface area contributed by atoms with Crippen LogP contribution in [0.5, 0.6) is 0 Å². The number of Topliss-reactive ketones (excluding diaryl/α,β-unsaturated/α-hetero) is 1. The van der Waals surface area contributed by atoms with Crippen molar-refractivity contribution in [3.63, 3.8) is 0 Å². The van der Waals surface area contributed by atoms with Crippen LogP contribution in [0.25, 0.3) is 0 Å². The fourth-order valence-electron chi connectivity index (χ4n) is 11.7. The first-order valence-corrected chi connectivity index (χ1v) is 22.4. The molecule has 332 valence electrons. The Morgan fingerprint density at radius 2 is 1.60 bits per heavy atom. The number of hydrogen-bond donors (Lipinski definition) is 2. The summed E-state index contributed by atoms with van der Waals surface area (Å²) in [6, 6.07) is -0.0193. The number of rotatable bonds is 12. The third kappa shape index (κ3) is 9.74. The molecule has 0 aromatic carbocycles. The van der Waals surface area contributed by atoms with Crippen LogP contribution in [0.3, 0.4) is 0 Å². The van der Waals surface area contributed by atoms with Gasteiger partial charge in [-0.05, 0) is 121 Å². The van der Waals surface area contributed by atoms with E-state index in [-0.39, 0.29) is 96.9 Å². The van der Waals surface area contributed by atoms with Gasteiger partial charge in [-0.25, -0.2) is 0 Å². The van der Waals surface area contributed by atoms with Crippen LogP contribution in [-0.4, -0.2) is 143 Å². The van der Waals surface area contributed by atoms with Crippen molar-refractivity contribution in [1.82, 2.24) is 10.2 Å². The molecule has 4 unspecified atom stereocenters. The van der Waals surface area contributed by atoms with Gasteiger partial charge in [0.05, 0.1) is 36.9 Å². The van der Waals surface area contributed by atoms with E-state index >= 15 is 4.79 Å². The Morgan fingerprint density at radius 1 is 0.897 bits per heavy atom. The van der Waals surface area contributed by atoms with Gasteiger partial charge in [0.25, 0.3) is 0 Å². The highest BCUT2D eigenvalue weighted by Gasteiger charge is 2.59. The summed E-state index contributed by atoms with van der Waals surface area (Å²) in [6.45, 7) is 13.1. The summed E-state index contributed by atoms with van der Waals surface area (Å²) in [5.41, 5.74) is 0.679. The lowest BCUT2D eigenvalue weighted by atomic mass is 9.62. The second-order valence-corrected chi connectivity index (χ2v) is 18.9. The third-order valence-electron chi connectivity index (χ3n) is 14.7. The molecule has 3 aliphatic heterocycles. The van der Waals surface area contributed by atoms with Gasteiger partial charge >= 0.3 is 5.97 Å². The Balaban J connectivity index is 1.30. The molecule has 13 nitrogen and oxygen atoms in total. The molecule has 3 aliphatic carbocycles. The second-order valence-electron chi connectivity index (χ2n) is 18.9. The molecule has 0 bridgehead atoms. The summed E-state index contributed by atoms with van der Waals surface area (Å²) >= 11 is 0. The number of esters is 1. The molecule has 3 saturated heterocycles. The van der Waals surface area contributed by atoms with E-state index in [0.29, 0.717) is 56.2 Å². The average Bonchev–Trinajstić information content (AvgIpc) is 3.77. The maximum atomic E-state index is 15.0. The lowest BCUT2D eigenvalue weighted by Gasteiger charge is -2.48. The van der Waals surface area contributed by atoms with Crippen molar-refractivity contribution in [1.29, 1.82) is 0 Å². The highest BCUT2D eigenvalue weighted by Crippen LogP contribution is 2.57. The summed E-state index contributed by atoms with van der Waals surface area (Å²) in [4.78, 5) is 31.1. The number of nitrogens with zero attached hydrogens (tertiary/aromatic N) is 1. The molecule has 2 saturated carbocycles. The number of cyclic esters (lactones) is 1. The number of aliphatic hydroxyl groups excluding tert-OH is 1. The van der Waals surface area contributed by atoms with Gasteiger partial charge in [0.15, 0.2) is 18.4 Å². The van der Waals surface area contributed by atoms with Gasteiger partial charge in [0.2, 0.25) is 0 Å². The Bertz CT molecular complexity index is 1400. The van der Waals surface area contributed by atoms with Crippen LogP contribution >= 0.6 is 0 Å². The van der Waals surface area contributed by atoms with Gasteiger partial charge in [0.1, 0.15) is 24.4 Å². The lowest BCUT2D eigenvalue weighted by molar-refractivity contribution is -0.314. The molecule has 6 aliphatic rings. The summed E-state index contributed by atoms with van der Waals surface area (Å²) in [7, 11) is 9.08. The molecule has 58 heavy (non-hydrogen) atoms. The molecule has 0 aromatic heterocycles. The molecular formula is C45H76N2O11. The summed E-state index contributed by atoms with van der Waals surface area (Å²) in [5.74, 6) is -1.07. The maximum Gasteiger partial charge on any atom is 0.306 e. The van der Waals surface area contributed by atoms with E-state index in [4.69, 9.17) is 37.9 Å². The van der Waals surface area contributed by atoms with Crippen LogP contribution in [0, 0.1) is 41.4 Å². The largest absolute Gasteiger partial charge is 0.462 e. The number of fused-ring (bicyclic) bond motifs is 5. The quantitative estimate of drug-likeness (QED) is 0.258. The minimum atomic E-state index is -0.707. The fraction of sp³-hybridized carbons (Fsp3) is 0.911. The molecule has 0 aromatic rings. The van der Waals surface area contributed by atoms with E-state index < -0.39 is 30.3 Å². The second kappa shape index (κ2) is 20.1. The molecule has 0 radical (unpaired) electrons. The number of ketones is 1. The zero-order chi connectivity index (χ0) is 42.0. The van der Waals surface area contributed by atoms with Crippen molar-refractivity contribution in [2.75, 3.05) is 42.0 Å². The smallest absolute Gasteiger partial charge is 0.306 e. The maximum absolute atomic E-state index is 15.0. The first-order chi connectivity index (χ1) is 27.7. The number of ether oxygens (including phenoxy) is 8. The predicted molar refractivity (Wildman–Crippen MR) is 218 cm³/mol. The third-order valence-corrected chi connectivity index (χ3v) is 14.7. The van der Waals surface area contributed by atoms with Crippen molar-refractivity contribution < 1.29 is 52.6 Å². The number of aliphatic hydroxyl groups is 1. The molecule has 0 spiro atoms. The molecule has 5 fully saturated rings. The van der Waals surface area contributed by atoms with Gasteiger partial charge in [-0.2, -0.15) is 0 Å². The summed E-state index contributed by atoms with van der Waals surface area (Å²) in [6.07, 6.45) is 4.08. The molecular weight excluding hydrogens is 744 g/mol. The molecule has 0 amide bonds. The molecule has 3 heterocycles. The monoisotopic (exact) mass is 821 g/mol. The average molecular weight is 821 g/mol. The van der Waals surface area contributed by atoms with E-state index in [1.54, 1.807) is 21.3 Å². The van der Waals surface area contributed by atoms with Crippen LogP contribution in [0.4, 0.5) is 0 Å². The van der Waals surface area contributed by atoms with Gasteiger partial charge < -0.3 is 53.2 Å². The van der Waals surface area contributed by atoms with Crippen LogP contribution < -0.4 is 5.32 Å². The van der Waals surface area contributed by atoms with Crippen LogP contribution in [0.1, 0.15) is 99.3 Å². The Morgan fingerprint density at radius 3 is 2.24 bits per heavy atom. The summed E-state index contributed by atoms with van der Waals surface area (Å²) < 4.78 is 50.0. The van der Waals surface area contributed by atoms with Crippen molar-refractivity contribution in [2.24, 2.45) is 41.4 Å². The minimum absolute atomic E-state index is 0.00550. The number of allylic oxidation sites excluding steroid dienone is 2. The van der Waals surface area contributed by atoms with Crippen molar-refractivity contribution >= 4 is 11.8 Å². The van der Waals surface area contributed by atoms with E-state index in [0.717, 1.165) is 19.3 Å². The summed E-state index contributed by atoms with van der Waals surface area (Å²) in [5, 5.41) is 16.1. The molecule has 2 N–H and O–H groups in total. The topological polar surface area (TPSA) is 143 Å². The van der Waals surface area contributed by atoms with E-state index in [1.165, 1.54) is 0 Å². The van der Waals surface area contributed by atoms with Gasteiger partial charge in [0, 0.05) is 45.2 Å². The van der Waals surface area contributed by atoms with Crippen LogP contribution in [0.2, 0.25) is 0 Å². The molecule has 19 atom stereocenters. The standard InChI is InChI=1S/C45H76N2O11/c1-12-27-14-13-15-35(58-37-17-16-34(47(7)8)25(5)54-37)24(4)40(49)33-20-30-29-18-28(57-45-44(53-11)43(52-10)42(51-9)26(6)55-45)19-32(29)41(50)39(46-22-23(2)3)38(30)31(33)21-36(48)56-27/h20,23-32,34-35,37-39,41-46,50H,12-19,21-22H2,1-11H3/t24-,25?,26?,27+,28+,29+,30+,31-,32-,34+,35+,37+,38-,39-,41-,42+,43?,44?,45+/m1/s1. The Hall–Kier alpha value is -1.52. The van der Waals surface area contributed by atoms with Gasteiger partial charge in [-0.15, -0.1) is 0 Å². The van der Waals surface area contributed by atoms with Crippen LogP contribution in [0.15, 0.2) is 11.6 Å². The minimum Gasteiger partial charge on any atom is -0.462 e. The highest BCUT2D eigenvalue weighted by atomic mass is 16.7. The number of methoxy groups -OCH3 is 3. The Kier molecular flexibility index (Phi) is 16.0. The predicted octanol–water partition coefficient (Wildman–Crippen LogP) is 4.91. The SMILES string of the molecule is CC[C@H]1CCC[C@H](O[C@H]2CC[C@H](N(C)C)C(C)O2)[C@@H](C)C(=O)C2=C[C@H]3[C@@H]4C[C@H](O[C@@H]5OC(C)[C@H](OC)C(OC)C5OC)C[C@H]4[C@@H](O)[C@H](NCC(C)C)[C@H]3[C@@H]2CC(=O)O1. The number of nitrogens with one attached hydrogen (secondary N) is 1. The zero-order valence-electron chi connectivity index (χ0n) is 37.2. The zero-order valence-corrected chi connectivity index (χ0v) is 37.2. The fourth-order valence-corrected chi connectivity index (χ4v) is 11.7. The Labute approximate surface area is 347 Å². The van der Waals surface area contributed by atoms with Crippen molar-refractivity contribution in [3.8, 4) is 0 Å². The highest BCUT2D eigenvalue weighted by molar-refractivity contribution is 5.99. The van der Waals surface area contributed by atoms with Crippen molar-refractivity contribution in [3.05, 3.63) is 11.6 Å². The first-order valence-electron chi connectivity index (χ1n) is 22.4. The van der Waals surface area contributed by atoms with Crippen molar-refractivity contribution in [2.45, 2.75) is 179 Å². The first kappa shape index (κ1) is 46.0. The molecule has 6 rings (SSSR count). The number of likely N-dealkylation sites (N-methyl/N-ethyl adjacent to an activating group) is 1. The molecule has 13 heteroatoms. The van der Waals surface area contributed by atoms with Gasteiger partial charge in [-0.1, -0.05) is 33.8 Å². The number of carbonyl (C=O) groups excluding carboxylic acids is 2. The van der Waals surface area contributed by atoms with Gasteiger partial charge in [-0.3, -0.25) is 9.59 Å². The number of hydrogen-bond acceptors (Lipinski definition) is 13. The van der Waals surface area contributed by atoms with E-state index in [9.17, 15) is 9.90 Å². The van der Waals surface area contributed by atoms with Crippen LogP contribution in [-0.2, 0) is 47.5 Å². The van der Waals surface area contributed by atoms with E-state index in [1.807, 2.05) is 13.8 Å². The number of carbonyl (C=O) groups is 2.